The highest BCUT2D eigenvalue weighted by molar-refractivity contribution is 5.87. The Labute approximate surface area is 233 Å². The lowest BCUT2D eigenvalue weighted by atomic mass is 9.86. The second-order valence-electron chi connectivity index (χ2n) is 9.58. The summed E-state index contributed by atoms with van der Waals surface area (Å²) in [6.45, 7) is 1.96. The second kappa shape index (κ2) is 11.5. The Morgan fingerprint density at radius 3 is 2.40 bits per heavy atom. The quantitative estimate of drug-likeness (QED) is 0.230. The minimum atomic E-state index is -0.136. The average molecular weight is 522 g/mol. The molecule has 0 aliphatic heterocycles. The van der Waals surface area contributed by atoms with E-state index in [1.807, 2.05) is 79.3 Å². The molecule has 5 aromatic rings. The summed E-state index contributed by atoms with van der Waals surface area (Å²) in [5.74, 6) is -0.136. The Kier molecular flexibility index (Phi) is 7.48. The van der Waals surface area contributed by atoms with Crippen molar-refractivity contribution in [2.24, 2.45) is 7.05 Å². The Morgan fingerprint density at radius 2 is 1.75 bits per heavy atom. The number of benzene rings is 3. The summed E-state index contributed by atoms with van der Waals surface area (Å²) in [6, 6.07) is 26.4. The van der Waals surface area contributed by atoms with E-state index in [2.05, 4.69) is 34.6 Å². The number of nitrogens with one attached hydrogen (secondary N) is 2. The lowest BCUT2D eigenvalue weighted by Crippen LogP contribution is -2.09. The first-order valence-electron chi connectivity index (χ1n) is 12.8. The number of nitrogens with zero attached hydrogens (tertiary/aromatic N) is 5. The van der Waals surface area contributed by atoms with Gasteiger partial charge < -0.3 is 15.3 Å². The maximum absolute atomic E-state index is 10.4. The monoisotopic (exact) mass is 521 g/mol. The summed E-state index contributed by atoms with van der Waals surface area (Å²) in [6.07, 6.45) is 8.76. The number of hydrogen-bond donors (Lipinski definition) is 2. The molecule has 7 heteroatoms. The van der Waals surface area contributed by atoms with Gasteiger partial charge in [0.1, 0.15) is 6.07 Å². The number of anilines is 1. The van der Waals surface area contributed by atoms with E-state index in [-0.39, 0.29) is 5.92 Å². The molecule has 1 unspecified atom stereocenters. The van der Waals surface area contributed by atoms with Crippen LogP contribution in [0, 0.1) is 35.0 Å². The minimum absolute atomic E-state index is 0.136. The standard InChI is InChI=1S/C33H27N7/c1-22-28(16-23-6-11-27(12-7-23)38-15-3-14-34)30(19-36)29-17-26(10-13-31(29)39-22)33(32-20-37-21-40(32)2)25-8-4-24(18-35)5-9-25/h3-15,17,20-21,33-34,38H,16H2,1-2H3/b15-3-,34-14?. The molecule has 0 saturated carbocycles. The third-order valence-corrected chi connectivity index (χ3v) is 7.06. The van der Waals surface area contributed by atoms with E-state index >= 15 is 0 Å². The van der Waals surface area contributed by atoms with Crippen LogP contribution in [0.25, 0.3) is 10.9 Å². The molecule has 2 heterocycles. The fourth-order valence-electron chi connectivity index (χ4n) is 5.01. The fraction of sp³-hybridized carbons (Fsp3) is 0.121. The van der Waals surface area contributed by atoms with Gasteiger partial charge in [0.2, 0.25) is 0 Å². The number of nitriles is 2. The molecule has 7 nitrogen and oxygen atoms in total. The van der Waals surface area contributed by atoms with Crippen molar-refractivity contribution >= 4 is 22.8 Å². The number of aryl methyl sites for hydroxylation is 2. The van der Waals surface area contributed by atoms with Crippen LogP contribution in [-0.2, 0) is 13.5 Å². The van der Waals surface area contributed by atoms with Gasteiger partial charge in [-0.3, -0.25) is 4.98 Å². The molecule has 0 spiro atoms. The number of fused-ring (bicyclic) bond motifs is 1. The molecule has 0 amide bonds. The van der Waals surface area contributed by atoms with Crippen LogP contribution >= 0.6 is 0 Å². The second-order valence-corrected chi connectivity index (χ2v) is 9.58. The van der Waals surface area contributed by atoms with Crippen molar-refractivity contribution in [1.82, 2.24) is 14.5 Å². The third kappa shape index (κ3) is 5.22. The van der Waals surface area contributed by atoms with Gasteiger partial charge >= 0.3 is 0 Å². The average Bonchev–Trinajstić information content (AvgIpc) is 3.40. The number of rotatable bonds is 8. The largest absolute Gasteiger partial charge is 0.362 e. The Morgan fingerprint density at radius 1 is 1.00 bits per heavy atom. The van der Waals surface area contributed by atoms with Crippen molar-refractivity contribution in [3.05, 3.63) is 136 Å². The van der Waals surface area contributed by atoms with Crippen molar-refractivity contribution in [2.45, 2.75) is 19.3 Å². The van der Waals surface area contributed by atoms with Crippen LogP contribution in [0.2, 0.25) is 0 Å². The molecule has 40 heavy (non-hydrogen) atoms. The van der Waals surface area contributed by atoms with Crippen molar-refractivity contribution in [3.8, 4) is 12.1 Å². The molecule has 0 saturated heterocycles. The summed E-state index contributed by atoms with van der Waals surface area (Å²) in [5.41, 5.74) is 8.81. The van der Waals surface area contributed by atoms with Crippen LogP contribution in [0.1, 0.15) is 50.7 Å². The normalized spacial score (nSPS) is 11.7. The molecular formula is C33H27N7. The Hall–Kier alpha value is -5.53. The lowest BCUT2D eigenvalue weighted by molar-refractivity contribution is 0.793. The third-order valence-electron chi connectivity index (χ3n) is 7.06. The molecule has 0 bridgehead atoms. The van der Waals surface area contributed by atoms with Gasteiger partial charge in [0.25, 0.3) is 0 Å². The van der Waals surface area contributed by atoms with Crippen molar-refractivity contribution in [2.75, 3.05) is 5.32 Å². The van der Waals surface area contributed by atoms with E-state index < -0.39 is 0 Å². The fourth-order valence-corrected chi connectivity index (χ4v) is 5.01. The Bertz CT molecular complexity index is 1800. The van der Waals surface area contributed by atoms with Crippen molar-refractivity contribution in [1.29, 1.82) is 15.9 Å². The van der Waals surface area contributed by atoms with Gasteiger partial charge in [-0.1, -0.05) is 30.3 Å². The van der Waals surface area contributed by atoms with Gasteiger partial charge in [0.15, 0.2) is 0 Å². The zero-order chi connectivity index (χ0) is 28.1. The molecule has 5 rings (SSSR count). The van der Waals surface area contributed by atoms with Crippen LogP contribution < -0.4 is 5.32 Å². The van der Waals surface area contributed by atoms with E-state index in [1.165, 1.54) is 6.21 Å². The first kappa shape index (κ1) is 26.1. The zero-order valence-electron chi connectivity index (χ0n) is 22.3. The van der Waals surface area contributed by atoms with E-state index in [0.29, 0.717) is 17.5 Å². The Balaban J connectivity index is 1.58. The zero-order valence-corrected chi connectivity index (χ0v) is 22.3. The topological polar surface area (TPSA) is 114 Å². The predicted octanol–water partition coefficient (Wildman–Crippen LogP) is 6.37. The van der Waals surface area contributed by atoms with E-state index in [0.717, 1.165) is 50.2 Å². The van der Waals surface area contributed by atoms with Gasteiger partial charge in [-0.05, 0) is 71.7 Å². The molecule has 0 fully saturated rings. The van der Waals surface area contributed by atoms with Crippen molar-refractivity contribution in [3.63, 3.8) is 0 Å². The van der Waals surface area contributed by atoms with E-state index in [4.69, 9.17) is 10.4 Å². The first-order chi connectivity index (χ1) is 19.5. The number of aromatic nitrogens is 3. The summed E-state index contributed by atoms with van der Waals surface area (Å²) in [7, 11) is 1.97. The molecule has 2 aromatic heterocycles. The molecule has 3 aromatic carbocycles. The maximum Gasteiger partial charge on any atom is 0.100 e. The smallest absolute Gasteiger partial charge is 0.100 e. The number of imidazole rings is 1. The molecular weight excluding hydrogens is 494 g/mol. The van der Waals surface area contributed by atoms with Crippen LogP contribution in [0.15, 0.2) is 91.5 Å². The maximum atomic E-state index is 10.4. The van der Waals surface area contributed by atoms with E-state index in [9.17, 15) is 10.5 Å². The number of allylic oxidation sites excluding steroid dienone is 1. The summed E-state index contributed by atoms with van der Waals surface area (Å²) >= 11 is 0. The molecule has 0 aliphatic carbocycles. The first-order valence-corrected chi connectivity index (χ1v) is 12.8. The van der Waals surface area contributed by atoms with Gasteiger partial charge in [-0.2, -0.15) is 10.5 Å². The van der Waals surface area contributed by atoms with Gasteiger partial charge in [-0.15, -0.1) is 0 Å². The molecule has 0 aliphatic rings. The highest BCUT2D eigenvalue weighted by Gasteiger charge is 2.22. The van der Waals surface area contributed by atoms with Crippen LogP contribution in [0.4, 0.5) is 5.69 Å². The highest BCUT2D eigenvalue weighted by atomic mass is 15.0. The molecule has 0 radical (unpaired) electrons. The number of pyridine rings is 1. The summed E-state index contributed by atoms with van der Waals surface area (Å²) < 4.78 is 2.00. The number of hydrogen-bond acceptors (Lipinski definition) is 6. The van der Waals surface area contributed by atoms with Gasteiger partial charge in [0, 0.05) is 54.5 Å². The van der Waals surface area contributed by atoms with Crippen LogP contribution in [0.5, 0.6) is 0 Å². The molecule has 194 valence electrons. The summed E-state index contributed by atoms with van der Waals surface area (Å²) in [4.78, 5) is 9.23. The summed E-state index contributed by atoms with van der Waals surface area (Å²) in [5, 5.41) is 30.7. The van der Waals surface area contributed by atoms with Crippen molar-refractivity contribution < 1.29 is 0 Å². The highest BCUT2D eigenvalue weighted by Crippen LogP contribution is 2.35. The molecule has 1 atom stereocenters. The molecule has 2 N–H and O–H groups in total. The van der Waals surface area contributed by atoms with Gasteiger partial charge in [0.05, 0.1) is 35.0 Å². The van der Waals surface area contributed by atoms with Crippen LogP contribution in [0.3, 0.4) is 0 Å². The minimum Gasteiger partial charge on any atom is -0.362 e. The van der Waals surface area contributed by atoms with E-state index in [1.54, 1.807) is 18.6 Å². The van der Waals surface area contributed by atoms with Gasteiger partial charge in [-0.25, -0.2) is 4.98 Å². The lowest BCUT2D eigenvalue weighted by Gasteiger charge is -2.20. The predicted molar refractivity (Wildman–Crippen MR) is 157 cm³/mol. The SMILES string of the molecule is Cc1nc2ccc(C(c3ccc(C#N)cc3)c3cncn3C)cc2c(C#N)c1Cc1ccc(N/C=C\C=N)cc1. The van der Waals surface area contributed by atoms with Crippen LogP contribution in [-0.4, -0.2) is 20.7 Å².